The van der Waals surface area contributed by atoms with Gasteiger partial charge in [-0.25, -0.2) is 0 Å². The molecule has 1 heterocycles. The van der Waals surface area contributed by atoms with Crippen molar-refractivity contribution in [1.82, 2.24) is 4.98 Å². The molecule has 1 N–H and O–H groups in total. The highest BCUT2D eigenvalue weighted by Crippen LogP contribution is 2.18. The van der Waals surface area contributed by atoms with Gasteiger partial charge in [-0.15, -0.1) is 11.3 Å². The molecule has 0 spiro atoms. The van der Waals surface area contributed by atoms with E-state index in [9.17, 15) is 4.79 Å². The molecule has 17 heavy (non-hydrogen) atoms. The molecule has 0 unspecified atom stereocenters. The van der Waals surface area contributed by atoms with Crippen LogP contribution in [0.25, 0.3) is 0 Å². The summed E-state index contributed by atoms with van der Waals surface area (Å²) >= 11 is 1.53. The van der Waals surface area contributed by atoms with Gasteiger partial charge in [0, 0.05) is 16.8 Å². The van der Waals surface area contributed by atoms with E-state index in [2.05, 4.69) is 4.98 Å². The number of nitrogens with zero attached hydrogens (tertiary/aromatic N) is 2. The van der Waals surface area contributed by atoms with E-state index in [1.165, 1.54) is 11.3 Å². The van der Waals surface area contributed by atoms with E-state index < -0.39 is 5.97 Å². The Morgan fingerprint density at radius 3 is 2.71 bits per heavy atom. The monoisotopic (exact) mass is 248 g/mol. The largest absolute Gasteiger partial charge is 0.480 e. The zero-order valence-electron chi connectivity index (χ0n) is 9.11. The predicted molar refractivity (Wildman–Crippen MR) is 67.2 cm³/mol. The molecule has 0 aliphatic rings. The Morgan fingerprint density at radius 1 is 1.35 bits per heavy atom. The highest BCUT2D eigenvalue weighted by Gasteiger charge is 2.11. The summed E-state index contributed by atoms with van der Waals surface area (Å²) in [5, 5.41) is 8.92. The molecule has 0 saturated carbocycles. The summed E-state index contributed by atoms with van der Waals surface area (Å²) in [5.74, 6) is -0.835. The van der Waals surface area contributed by atoms with Crippen LogP contribution in [-0.2, 0) is 11.3 Å². The lowest BCUT2D eigenvalue weighted by Crippen LogP contribution is -2.28. The van der Waals surface area contributed by atoms with Crippen molar-refractivity contribution < 1.29 is 9.90 Å². The minimum Gasteiger partial charge on any atom is -0.480 e. The summed E-state index contributed by atoms with van der Waals surface area (Å²) in [6.45, 7) is 0.558. The number of para-hydroxylation sites is 1. The quantitative estimate of drug-likeness (QED) is 0.881. The van der Waals surface area contributed by atoms with Gasteiger partial charge in [-0.05, 0) is 12.1 Å². The third-order valence-corrected chi connectivity index (χ3v) is 3.04. The summed E-state index contributed by atoms with van der Waals surface area (Å²) in [6.07, 6.45) is 1.77. The first-order valence-corrected chi connectivity index (χ1v) is 6.03. The Kier molecular flexibility index (Phi) is 3.72. The molecule has 1 aromatic heterocycles. The van der Waals surface area contributed by atoms with Gasteiger partial charge in [-0.3, -0.25) is 9.78 Å². The molecular formula is C12H12N2O2S. The molecular weight excluding hydrogens is 236 g/mol. The first kappa shape index (κ1) is 11.6. The third-order valence-electron chi connectivity index (χ3n) is 2.28. The fourth-order valence-corrected chi connectivity index (χ4v) is 2.16. The second-order valence-corrected chi connectivity index (χ2v) is 4.52. The van der Waals surface area contributed by atoms with Crippen LogP contribution in [0, 0.1) is 0 Å². The highest BCUT2D eigenvalue weighted by molar-refractivity contribution is 7.09. The van der Waals surface area contributed by atoms with E-state index in [1.807, 2.05) is 35.2 Å². The summed E-state index contributed by atoms with van der Waals surface area (Å²) in [5.41, 5.74) is 2.66. The minimum atomic E-state index is -0.835. The topological polar surface area (TPSA) is 53.4 Å². The molecule has 0 amide bonds. The lowest BCUT2D eigenvalue weighted by molar-refractivity contribution is -0.135. The van der Waals surface area contributed by atoms with E-state index >= 15 is 0 Å². The van der Waals surface area contributed by atoms with Gasteiger partial charge in [0.25, 0.3) is 0 Å². The first-order valence-electron chi connectivity index (χ1n) is 5.15. The Morgan fingerprint density at radius 2 is 2.12 bits per heavy atom. The maximum absolute atomic E-state index is 10.9. The molecule has 2 rings (SSSR count). The second-order valence-electron chi connectivity index (χ2n) is 3.55. The Labute approximate surface area is 103 Å². The van der Waals surface area contributed by atoms with E-state index in [1.54, 1.807) is 11.7 Å². The SMILES string of the molecule is O=C(O)CN(Cc1cncs1)c1ccccc1. The van der Waals surface area contributed by atoms with Gasteiger partial charge >= 0.3 is 5.97 Å². The third kappa shape index (κ3) is 3.29. The number of carboxylic acids is 1. The Balaban J connectivity index is 2.16. The number of aliphatic carboxylic acids is 1. The number of anilines is 1. The van der Waals surface area contributed by atoms with Gasteiger partial charge in [0.1, 0.15) is 6.54 Å². The van der Waals surface area contributed by atoms with Crippen molar-refractivity contribution in [2.24, 2.45) is 0 Å². The van der Waals surface area contributed by atoms with Crippen molar-refractivity contribution in [2.45, 2.75) is 6.54 Å². The van der Waals surface area contributed by atoms with Crippen LogP contribution >= 0.6 is 11.3 Å². The van der Waals surface area contributed by atoms with Crippen molar-refractivity contribution in [3.8, 4) is 0 Å². The van der Waals surface area contributed by atoms with Crippen molar-refractivity contribution in [1.29, 1.82) is 0 Å². The fraction of sp³-hybridized carbons (Fsp3) is 0.167. The number of benzene rings is 1. The Bertz CT molecular complexity index is 471. The van der Waals surface area contributed by atoms with Crippen LogP contribution < -0.4 is 4.90 Å². The van der Waals surface area contributed by atoms with Gasteiger partial charge < -0.3 is 10.0 Å². The van der Waals surface area contributed by atoms with E-state index in [4.69, 9.17) is 5.11 Å². The smallest absolute Gasteiger partial charge is 0.323 e. The second kappa shape index (κ2) is 5.45. The van der Waals surface area contributed by atoms with Crippen molar-refractivity contribution in [3.63, 3.8) is 0 Å². The van der Waals surface area contributed by atoms with Crippen LogP contribution in [0.2, 0.25) is 0 Å². The molecule has 4 nitrogen and oxygen atoms in total. The molecule has 1 aromatic carbocycles. The maximum atomic E-state index is 10.9. The molecule has 0 aliphatic heterocycles. The van der Waals surface area contributed by atoms with E-state index in [0.717, 1.165) is 10.6 Å². The Hall–Kier alpha value is -1.88. The van der Waals surface area contributed by atoms with Gasteiger partial charge in [0.15, 0.2) is 0 Å². The van der Waals surface area contributed by atoms with Crippen LogP contribution in [0.1, 0.15) is 4.88 Å². The van der Waals surface area contributed by atoms with Crippen LogP contribution in [0.3, 0.4) is 0 Å². The average molecular weight is 248 g/mol. The average Bonchev–Trinajstić information content (AvgIpc) is 2.82. The van der Waals surface area contributed by atoms with Crippen molar-refractivity contribution >= 4 is 23.0 Å². The molecule has 0 saturated heterocycles. The molecule has 0 radical (unpaired) electrons. The summed E-state index contributed by atoms with van der Waals surface area (Å²) in [6, 6.07) is 9.52. The van der Waals surface area contributed by atoms with E-state index in [-0.39, 0.29) is 6.54 Å². The number of rotatable bonds is 5. The van der Waals surface area contributed by atoms with Gasteiger partial charge in [-0.2, -0.15) is 0 Å². The van der Waals surface area contributed by atoms with Crippen LogP contribution in [-0.4, -0.2) is 22.6 Å². The number of hydrogen-bond acceptors (Lipinski definition) is 4. The number of carboxylic acid groups (broad SMARTS) is 1. The standard InChI is InChI=1S/C12H12N2O2S/c15-12(16)8-14(7-11-6-13-9-17-11)10-4-2-1-3-5-10/h1-6,9H,7-8H2,(H,15,16). The number of carbonyl (C=O) groups is 1. The molecule has 0 fully saturated rings. The molecule has 0 atom stereocenters. The summed E-state index contributed by atoms with van der Waals surface area (Å²) in [4.78, 5) is 17.7. The lowest BCUT2D eigenvalue weighted by atomic mass is 10.3. The normalized spacial score (nSPS) is 10.1. The molecule has 2 aromatic rings. The van der Waals surface area contributed by atoms with Crippen molar-refractivity contribution in [2.75, 3.05) is 11.4 Å². The lowest BCUT2D eigenvalue weighted by Gasteiger charge is -2.21. The first-order chi connectivity index (χ1) is 8.25. The van der Waals surface area contributed by atoms with Crippen LogP contribution in [0.15, 0.2) is 42.0 Å². The number of thiazole rings is 1. The fourth-order valence-electron chi connectivity index (χ4n) is 1.55. The zero-order valence-corrected chi connectivity index (χ0v) is 9.93. The predicted octanol–water partition coefficient (Wildman–Crippen LogP) is 2.23. The van der Waals surface area contributed by atoms with Crippen LogP contribution in [0.5, 0.6) is 0 Å². The summed E-state index contributed by atoms with van der Waals surface area (Å²) < 4.78 is 0. The van der Waals surface area contributed by atoms with Gasteiger partial charge in [-0.1, -0.05) is 18.2 Å². The minimum absolute atomic E-state index is 0.0120. The maximum Gasteiger partial charge on any atom is 0.323 e. The molecule has 5 heteroatoms. The molecule has 0 aliphatic carbocycles. The highest BCUT2D eigenvalue weighted by atomic mass is 32.1. The molecule has 88 valence electrons. The van der Waals surface area contributed by atoms with Crippen LogP contribution in [0.4, 0.5) is 5.69 Å². The summed E-state index contributed by atoms with van der Waals surface area (Å²) in [7, 11) is 0. The van der Waals surface area contributed by atoms with Gasteiger partial charge in [0.2, 0.25) is 0 Å². The zero-order chi connectivity index (χ0) is 12.1. The molecule has 0 bridgehead atoms. The van der Waals surface area contributed by atoms with Gasteiger partial charge in [0.05, 0.1) is 12.1 Å². The number of aromatic nitrogens is 1. The van der Waals surface area contributed by atoms with E-state index in [0.29, 0.717) is 6.54 Å². The van der Waals surface area contributed by atoms with Crippen molar-refractivity contribution in [3.05, 3.63) is 46.9 Å². The number of hydrogen-bond donors (Lipinski definition) is 1.